The second-order valence-corrected chi connectivity index (χ2v) is 4.45. The van der Waals surface area contributed by atoms with Crippen molar-refractivity contribution < 1.29 is 4.74 Å². The van der Waals surface area contributed by atoms with Crippen LogP contribution >= 0.6 is 11.6 Å². The molecule has 3 heteroatoms. The average molecular weight is 234 g/mol. The van der Waals surface area contributed by atoms with Crippen molar-refractivity contribution in [3.63, 3.8) is 0 Å². The smallest absolute Gasteiger partial charge is 0.193 e. The summed E-state index contributed by atoms with van der Waals surface area (Å²) in [5, 5.41) is 9.56. The van der Waals surface area contributed by atoms with Gasteiger partial charge >= 0.3 is 0 Å². The fraction of sp³-hybridized carbons (Fsp3) is 0.308. The van der Waals surface area contributed by atoms with Crippen LogP contribution in [0.3, 0.4) is 0 Å². The molecule has 2 unspecified atom stereocenters. The second-order valence-electron chi connectivity index (χ2n) is 4.01. The molecular weight excluding hydrogens is 222 g/mol. The molecule has 0 spiro atoms. The third-order valence-electron chi connectivity index (χ3n) is 2.64. The van der Waals surface area contributed by atoms with Gasteiger partial charge in [-0.3, -0.25) is 0 Å². The van der Waals surface area contributed by atoms with Gasteiger partial charge in [-0.05, 0) is 36.1 Å². The summed E-state index contributed by atoms with van der Waals surface area (Å²) >= 11 is 5.83. The zero-order chi connectivity index (χ0) is 11.5. The van der Waals surface area contributed by atoms with E-state index in [4.69, 9.17) is 21.6 Å². The lowest BCUT2D eigenvalue weighted by Gasteiger charge is -2.25. The highest BCUT2D eigenvalue weighted by Crippen LogP contribution is 2.33. The Bertz CT molecular complexity index is 444. The van der Waals surface area contributed by atoms with Crippen LogP contribution in [0.15, 0.2) is 36.1 Å². The van der Waals surface area contributed by atoms with Gasteiger partial charge in [-0.2, -0.15) is 5.26 Å². The lowest BCUT2D eigenvalue weighted by atomic mass is 9.95. The Morgan fingerprint density at radius 2 is 2.06 bits per heavy atom. The molecule has 2 atom stereocenters. The van der Waals surface area contributed by atoms with Crippen LogP contribution in [0.2, 0.25) is 5.02 Å². The molecule has 0 fully saturated rings. The molecule has 16 heavy (non-hydrogen) atoms. The standard InChI is InChI=1S/C13H12ClNO/c1-9-6-12(8-15)16-13(7-9)10-2-4-11(14)5-3-10/h2-6,9,13H,7H2,1H3. The summed E-state index contributed by atoms with van der Waals surface area (Å²) in [7, 11) is 0. The molecule has 1 aromatic carbocycles. The van der Waals surface area contributed by atoms with Crippen molar-refractivity contribution in [1.82, 2.24) is 0 Å². The first-order valence-electron chi connectivity index (χ1n) is 5.23. The second kappa shape index (κ2) is 4.59. The minimum absolute atomic E-state index is 0.0353. The molecule has 82 valence electrons. The minimum Gasteiger partial charge on any atom is -0.476 e. The van der Waals surface area contributed by atoms with Gasteiger partial charge in [0.25, 0.3) is 0 Å². The third kappa shape index (κ3) is 2.37. The zero-order valence-electron chi connectivity index (χ0n) is 8.98. The van der Waals surface area contributed by atoms with Crippen LogP contribution in [0, 0.1) is 17.2 Å². The number of benzene rings is 1. The number of allylic oxidation sites excluding steroid dienone is 2. The first kappa shape index (κ1) is 11.0. The fourth-order valence-electron chi connectivity index (χ4n) is 1.85. The van der Waals surface area contributed by atoms with Gasteiger partial charge in [-0.25, -0.2) is 0 Å². The molecule has 1 heterocycles. The summed E-state index contributed by atoms with van der Waals surface area (Å²) in [6.45, 7) is 2.09. The van der Waals surface area contributed by atoms with Crippen molar-refractivity contribution in [2.45, 2.75) is 19.4 Å². The van der Waals surface area contributed by atoms with Crippen LogP contribution in [-0.4, -0.2) is 0 Å². The molecule has 1 aromatic rings. The predicted octanol–water partition coefficient (Wildman–Crippen LogP) is 3.84. The maximum atomic E-state index is 8.85. The summed E-state index contributed by atoms with van der Waals surface area (Å²) in [5.74, 6) is 0.780. The van der Waals surface area contributed by atoms with Gasteiger partial charge in [0.05, 0.1) is 0 Å². The van der Waals surface area contributed by atoms with E-state index in [1.807, 2.05) is 30.3 Å². The molecule has 0 saturated heterocycles. The Hall–Kier alpha value is -1.46. The third-order valence-corrected chi connectivity index (χ3v) is 2.89. The molecule has 1 aliphatic rings. The van der Waals surface area contributed by atoms with Gasteiger partial charge in [-0.15, -0.1) is 0 Å². The molecule has 0 aliphatic carbocycles. The predicted molar refractivity (Wildman–Crippen MR) is 62.8 cm³/mol. The van der Waals surface area contributed by atoms with Crippen molar-refractivity contribution in [2.24, 2.45) is 5.92 Å². The molecule has 0 saturated carbocycles. The topological polar surface area (TPSA) is 33.0 Å². The lowest BCUT2D eigenvalue weighted by Crippen LogP contribution is -2.13. The highest BCUT2D eigenvalue weighted by Gasteiger charge is 2.22. The van der Waals surface area contributed by atoms with Crippen LogP contribution in [0.4, 0.5) is 0 Å². The number of hydrogen-bond acceptors (Lipinski definition) is 2. The van der Waals surface area contributed by atoms with E-state index in [1.165, 1.54) is 0 Å². The molecule has 0 aromatic heterocycles. The number of hydrogen-bond donors (Lipinski definition) is 0. The zero-order valence-corrected chi connectivity index (χ0v) is 9.74. The van der Waals surface area contributed by atoms with Gasteiger partial charge in [0.2, 0.25) is 0 Å². The lowest BCUT2D eigenvalue weighted by molar-refractivity contribution is 0.0923. The Balaban J connectivity index is 2.21. The van der Waals surface area contributed by atoms with Gasteiger partial charge < -0.3 is 4.74 Å². The summed E-state index contributed by atoms with van der Waals surface area (Å²) in [4.78, 5) is 0. The molecule has 0 radical (unpaired) electrons. The van der Waals surface area contributed by atoms with Crippen molar-refractivity contribution in [3.05, 3.63) is 46.7 Å². The highest BCUT2D eigenvalue weighted by molar-refractivity contribution is 6.30. The van der Waals surface area contributed by atoms with Gasteiger partial charge in [0, 0.05) is 5.02 Å². The largest absolute Gasteiger partial charge is 0.476 e. The van der Waals surface area contributed by atoms with Gasteiger partial charge in [0.15, 0.2) is 5.76 Å². The Labute approximate surface area is 100 Å². The number of ether oxygens (including phenoxy) is 1. The Kier molecular flexibility index (Phi) is 3.17. The normalized spacial score (nSPS) is 24.2. The van der Waals surface area contributed by atoms with Crippen molar-refractivity contribution in [2.75, 3.05) is 0 Å². The monoisotopic (exact) mass is 233 g/mol. The van der Waals surface area contributed by atoms with E-state index in [0.717, 1.165) is 12.0 Å². The minimum atomic E-state index is -0.0353. The Morgan fingerprint density at radius 1 is 1.38 bits per heavy atom. The average Bonchev–Trinajstić information content (AvgIpc) is 2.29. The van der Waals surface area contributed by atoms with Crippen LogP contribution in [0.5, 0.6) is 0 Å². The quantitative estimate of drug-likeness (QED) is 0.738. The molecule has 2 nitrogen and oxygen atoms in total. The molecular formula is C13H12ClNO. The highest BCUT2D eigenvalue weighted by atomic mass is 35.5. The van der Waals surface area contributed by atoms with Crippen LogP contribution in [-0.2, 0) is 4.74 Å². The van der Waals surface area contributed by atoms with E-state index in [-0.39, 0.29) is 6.10 Å². The molecule has 2 rings (SSSR count). The number of nitrogens with zero attached hydrogens (tertiary/aromatic N) is 1. The van der Waals surface area contributed by atoms with E-state index in [2.05, 4.69) is 13.0 Å². The Morgan fingerprint density at radius 3 is 2.69 bits per heavy atom. The van der Waals surface area contributed by atoms with Crippen molar-refractivity contribution >= 4 is 11.6 Å². The number of halogens is 1. The fourth-order valence-corrected chi connectivity index (χ4v) is 1.98. The van der Waals surface area contributed by atoms with Crippen LogP contribution in [0.1, 0.15) is 25.0 Å². The van der Waals surface area contributed by atoms with Gasteiger partial charge in [0.1, 0.15) is 12.2 Å². The molecule has 0 amide bonds. The molecule has 1 aliphatic heterocycles. The maximum Gasteiger partial charge on any atom is 0.193 e. The number of rotatable bonds is 1. The molecule has 0 bridgehead atoms. The van der Waals surface area contributed by atoms with Crippen LogP contribution < -0.4 is 0 Å². The van der Waals surface area contributed by atoms with E-state index in [1.54, 1.807) is 0 Å². The van der Waals surface area contributed by atoms with Gasteiger partial charge in [-0.1, -0.05) is 30.7 Å². The summed E-state index contributed by atoms with van der Waals surface area (Å²) in [6.07, 6.45) is 2.73. The SMILES string of the molecule is CC1C=C(C#N)OC(c2ccc(Cl)cc2)C1. The summed E-state index contributed by atoms with van der Waals surface area (Å²) < 4.78 is 5.59. The summed E-state index contributed by atoms with van der Waals surface area (Å²) in [6, 6.07) is 9.63. The van der Waals surface area contributed by atoms with Crippen LogP contribution in [0.25, 0.3) is 0 Å². The maximum absolute atomic E-state index is 8.85. The first-order valence-corrected chi connectivity index (χ1v) is 5.61. The van der Waals surface area contributed by atoms with E-state index >= 15 is 0 Å². The molecule has 0 N–H and O–H groups in total. The first-order chi connectivity index (χ1) is 7.69. The number of nitriles is 1. The summed E-state index contributed by atoms with van der Waals surface area (Å²) in [5.41, 5.74) is 1.07. The van der Waals surface area contributed by atoms with E-state index < -0.39 is 0 Å². The van der Waals surface area contributed by atoms with Crippen molar-refractivity contribution in [1.29, 1.82) is 5.26 Å². The van der Waals surface area contributed by atoms with E-state index in [9.17, 15) is 0 Å². The van der Waals surface area contributed by atoms with E-state index in [0.29, 0.717) is 16.7 Å². The van der Waals surface area contributed by atoms with Crippen molar-refractivity contribution in [3.8, 4) is 6.07 Å².